The van der Waals surface area contributed by atoms with Gasteiger partial charge in [0, 0.05) is 5.56 Å². The van der Waals surface area contributed by atoms with Crippen LogP contribution in [0.2, 0.25) is 10.0 Å². The van der Waals surface area contributed by atoms with Gasteiger partial charge in [-0.25, -0.2) is 0 Å². The van der Waals surface area contributed by atoms with Gasteiger partial charge in [0.05, 0.1) is 24.8 Å². The molecule has 2 rings (SSSR count). The summed E-state index contributed by atoms with van der Waals surface area (Å²) in [6.45, 7) is 0. The molecule has 0 saturated carbocycles. The summed E-state index contributed by atoms with van der Waals surface area (Å²) in [7, 11) is 2.99. The topological polar surface area (TPSA) is 35.5 Å². The van der Waals surface area contributed by atoms with Crippen LogP contribution in [0.25, 0.3) is 0 Å². The van der Waals surface area contributed by atoms with E-state index < -0.39 is 0 Å². The first-order valence-corrected chi connectivity index (χ1v) is 6.55. The number of ether oxygens (including phenoxy) is 2. The normalized spacial score (nSPS) is 10.2. The quantitative estimate of drug-likeness (QED) is 0.792. The summed E-state index contributed by atoms with van der Waals surface area (Å²) >= 11 is 12.2. The van der Waals surface area contributed by atoms with E-state index in [0.29, 0.717) is 22.6 Å². The molecule has 0 atom stereocenters. The van der Waals surface area contributed by atoms with Crippen molar-refractivity contribution in [3.8, 4) is 11.5 Å². The summed E-state index contributed by atoms with van der Waals surface area (Å²) < 4.78 is 10.2. The van der Waals surface area contributed by atoms with E-state index in [-0.39, 0.29) is 15.8 Å². The molecule has 0 radical (unpaired) electrons. The smallest absolute Gasteiger partial charge is 0.198 e. The molecule has 0 unspecified atom stereocenters. The Balaban J connectivity index is 2.52. The molecular weight excluding hydrogens is 299 g/mol. The minimum atomic E-state index is -0.253. The standard InChI is InChI=1S/C15H12Cl2O3/c1-19-11-6-4-3-5-9(11)15(18)10-7-8-12(20-2)14(17)13(10)16/h3-8H,1-2H3. The molecule has 2 aromatic rings. The number of hydrogen-bond acceptors (Lipinski definition) is 3. The van der Waals surface area contributed by atoms with Gasteiger partial charge in [0.25, 0.3) is 0 Å². The molecule has 0 N–H and O–H groups in total. The maximum absolute atomic E-state index is 12.5. The molecule has 104 valence electrons. The van der Waals surface area contributed by atoms with Crippen molar-refractivity contribution in [2.45, 2.75) is 0 Å². The Labute approximate surface area is 127 Å². The van der Waals surface area contributed by atoms with Crippen LogP contribution in [0.4, 0.5) is 0 Å². The maximum Gasteiger partial charge on any atom is 0.198 e. The molecule has 5 heteroatoms. The second kappa shape index (κ2) is 6.16. The van der Waals surface area contributed by atoms with Gasteiger partial charge in [-0.1, -0.05) is 35.3 Å². The Kier molecular flexibility index (Phi) is 4.53. The lowest BCUT2D eigenvalue weighted by Crippen LogP contribution is -2.05. The number of benzene rings is 2. The molecule has 0 bridgehead atoms. The highest BCUT2D eigenvalue weighted by Crippen LogP contribution is 2.36. The Morgan fingerprint density at radius 1 is 0.850 bits per heavy atom. The number of halogens is 2. The summed E-state index contributed by atoms with van der Waals surface area (Å²) in [6.07, 6.45) is 0. The van der Waals surface area contributed by atoms with Crippen LogP contribution in [0, 0.1) is 0 Å². The zero-order valence-corrected chi connectivity index (χ0v) is 12.5. The molecule has 0 amide bonds. The molecule has 0 aliphatic heterocycles. The summed E-state index contributed by atoms with van der Waals surface area (Å²) in [4.78, 5) is 12.5. The lowest BCUT2D eigenvalue weighted by Gasteiger charge is -2.11. The molecule has 2 aromatic carbocycles. The highest BCUT2D eigenvalue weighted by atomic mass is 35.5. The fourth-order valence-electron chi connectivity index (χ4n) is 1.84. The van der Waals surface area contributed by atoms with E-state index in [1.54, 1.807) is 36.4 Å². The summed E-state index contributed by atoms with van der Waals surface area (Å²) in [5, 5.41) is 0.386. The molecule has 0 aromatic heterocycles. The van der Waals surface area contributed by atoms with Crippen LogP contribution < -0.4 is 9.47 Å². The van der Waals surface area contributed by atoms with Gasteiger partial charge >= 0.3 is 0 Å². The fourth-order valence-corrected chi connectivity index (χ4v) is 2.33. The number of hydrogen-bond donors (Lipinski definition) is 0. The number of carbonyl (C=O) groups is 1. The molecule has 0 spiro atoms. The second-order valence-corrected chi connectivity index (χ2v) is 4.73. The predicted octanol–water partition coefficient (Wildman–Crippen LogP) is 4.24. The number of methoxy groups -OCH3 is 2. The average molecular weight is 311 g/mol. The van der Waals surface area contributed by atoms with Crippen LogP contribution in [-0.4, -0.2) is 20.0 Å². The van der Waals surface area contributed by atoms with Crippen molar-refractivity contribution in [3.63, 3.8) is 0 Å². The Hall–Kier alpha value is -1.71. The van der Waals surface area contributed by atoms with Crippen molar-refractivity contribution in [2.24, 2.45) is 0 Å². The first-order chi connectivity index (χ1) is 9.60. The van der Waals surface area contributed by atoms with Crippen molar-refractivity contribution >= 4 is 29.0 Å². The lowest BCUT2D eigenvalue weighted by atomic mass is 10.0. The highest BCUT2D eigenvalue weighted by Gasteiger charge is 2.20. The van der Waals surface area contributed by atoms with Gasteiger partial charge in [-0.2, -0.15) is 0 Å². The van der Waals surface area contributed by atoms with Gasteiger partial charge in [-0.05, 0) is 24.3 Å². The summed E-state index contributed by atoms with van der Waals surface area (Å²) in [6, 6.07) is 10.1. The number of ketones is 1. The minimum Gasteiger partial charge on any atom is -0.496 e. The maximum atomic E-state index is 12.5. The van der Waals surface area contributed by atoms with Crippen LogP contribution in [-0.2, 0) is 0 Å². The number of para-hydroxylation sites is 1. The van der Waals surface area contributed by atoms with Gasteiger partial charge < -0.3 is 9.47 Å². The van der Waals surface area contributed by atoms with E-state index in [1.165, 1.54) is 14.2 Å². The highest BCUT2D eigenvalue weighted by molar-refractivity contribution is 6.45. The summed E-state index contributed by atoms with van der Waals surface area (Å²) in [5.41, 5.74) is 0.736. The van der Waals surface area contributed by atoms with E-state index in [4.69, 9.17) is 32.7 Å². The fraction of sp³-hybridized carbons (Fsp3) is 0.133. The van der Waals surface area contributed by atoms with Gasteiger partial charge in [0.15, 0.2) is 5.78 Å². The van der Waals surface area contributed by atoms with Crippen LogP contribution >= 0.6 is 23.2 Å². The first-order valence-electron chi connectivity index (χ1n) is 5.79. The Bertz CT molecular complexity index is 654. The molecular formula is C15H12Cl2O3. The summed E-state index contributed by atoms with van der Waals surface area (Å²) in [5.74, 6) is 0.658. The zero-order valence-electron chi connectivity index (χ0n) is 10.9. The van der Waals surface area contributed by atoms with Crippen molar-refractivity contribution in [3.05, 3.63) is 57.6 Å². The number of rotatable bonds is 4. The molecule has 0 aliphatic rings. The first kappa shape index (κ1) is 14.7. The third-order valence-electron chi connectivity index (χ3n) is 2.86. The third kappa shape index (κ3) is 2.60. The molecule has 0 aliphatic carbocycles. The van der Waals surface area contributed by atoms with E-state index in [2.05, 4.69) is 0 Å². The van der Waals surface area contributed by atoms with Crippen molar-refractivity contribution in [1.29, 1.82) is 0 Å². The monoisotopic (exact) mass is 310 g/mol. The number of carbonyl (C=O) groups excluding carboxylic acids is 1. The molecule has 0 fully saturated rings. The van der Waals surface area contributed by atoms with E-state index in [0.717, 1.165) is 0 Å². The molecule has 0 heterocycles. The lowest BCUT2D eigenvalue weighted by molar-refractivity contribution is 0.103. The minimum absolute atomic E-state index is 0.168. The molecule has 3 nitrogen and oxygen atoms in total. The average Bonchev–Trinajstić information content (AvgIpc) is 2.49. The van der Waals surface area contributed by atoms with Gasteiger partial charge in [-0.3, -0.25) is 4.79 Å². The van der Waals surface area contributed by atoms with Crippen LogP contribution in [0.1, 0.15) is 15.9 Å². The molecule has 20 heavy (non-hydrogen) atoms. The second-order valence-electron chi connectivity index (χ2n) is 3.97. The van der Waals surface area contributed by atoms with Crippen molar-refractivity contribution in [1.82, 2.24) is 0 Å². The Morgan fingerprint density at radius 2 is 1.50 bits per heavy atom. The van der Waals surface area contributed by atoms with Gasteiger partial charge in [0.1, 0.15) is 16.5 Å². The predicted molar refractivity (Wildman–Crippen MR) is 79.4 cm³/mol. The molecule has 0 saturated heterocycles. The Morgan fingerprint density at radius 3 is 2.15 bits per heavy atom. The van der Waals surface area contributed by atoms with E-state index in [1.807, 2.05) is 0 Å². The van der Waals surface area contributed by atoms with Crippen LogP contribution in [0.15, 0.2) is 36.4 Å². The third-order valence-corrected chi connectivity index (χ3v) is 3.73. The van der Waals surface area contributed by atoms with Gasteiger partial charge in [0.2, 0.25) is 0 Å². The SMILES string of the molecule is COc1ccccc1C(=O)c1ccc(OC)c(Cl)c1Cl. The van der Waals surface area contributed by atoms with E-state index >= 15 is 0 Å². The zero-order chi connectivity index (χ0) is 14.7. The van der Waals surface area contributed by atoms with Crippen LogP contribution in [0.5, 0.6) is 11.5 Å². The van der Waals surface area contributed by atoms with Crippen molar-refractivity contribution in [2.75, 3.05) is 14.2 Å². The van der Waals surface area contributed by atoms with Gasteiger partial charge in [-0.15, -0.1) is 0 Å². The largest absolute Gasteiger partial charge is 0.496 e. The van der Waals surface area contributed by atoms with E-state index in [9.17, 15) is 4.79 Å². The van der Waals surface area contributed by atoms with Crippen molar-refractivity contribution < 1.29 is 14.3 Å². The van der Waals surface area contributed by atoms with Crippen LogP contribution in [0.3, 0.4) is 0 Å².